The van der Waals surface area contributed by atoms with E-state index in [1.165, 1.54) is 0 Å². The third-order valence-electron chi connectivity index (χ3n) is 3.31. The molecule has 1 aliphatic rings. The molecule has 1 aliphatic heterocycles. The molecule has 0 aliphatic carbocycles. The number of nitrogens with zero attached hydrogens (tertiary/aromatic N) is 3. The summed E-state index contributed by atoms with van der Waals surface area (Å²) in [5.74, 6) is 7.75. The first-order chi connectivity index (χ1) is 8.71. The quantitative estimate of drug-likeness (QED) is 0.542. The Morgan fingerprint density at radius 1 is 1.33 bits per heavy atom. The molecule has 0 atom stereocenters. The van der Waals surface area contributed by atoms with Crippen molar-refractivity contribution in [2.24, 2.45) is 5.84 Å². The van der Waals surface area contributed by atoms with E-state index in [1.807, 2.05) is 13.0 Å². The van der Waals surface area contributed by atoms with Crippen molar-refractivity contribution in [3.05, 3.63) is 11.9 Å². The van der Waals surface area contributed by atoms with E-state index in [2.05, 4.69) is 32.7 Å². The summed E-state index contributed by atoms with van der Waals surface area (Å²) in [5, 5.41) is 3.48. The van der Waals surface area contributed by atoms with Crippen molar-refractivity contribution in [1.82, 2.24) is 14.9 Å². The predicted molar refractivity (Wildman–Crippen MR) is 73.4 cm³/mol. The Kier molecular flexibility index (Phi) is 4.33. The first-order valence-electron chi connectivity index (χ1n) is 6.51. The minimum absolute atomic E-state index is 0.492. The van der Waals surface area contributed by atoms with Gasteiger partial charge in [0.05, 0.1) is 0 Å². The molecule has 0 spiro atoms. The summed E-state index contributed by atoms with van der Waals surface area (Å²) in [5.41, 5.74) is 2.59. The Labute approximate surface area is 108 Å². The second-order valence-corrected chi connectivity index (χ2v) is 4.77. The number of aromatic nitrogens is 2. The maximum Gasteiger partial charge on any atom is 0.145 e. The van der Waals surface area contributed by atoms with E-state index in [4.69, 9.17) is 5.84 Å². The normalized spacial score (nSPS) is 17.7. The second kappa shape index (κ2) is 5.97. The van der Waals surface area contributed by atoms with Crippen molar-refractivity contribution < 1.29 is 0 Å². The number of nitrogens with two attached hydrogens (primary N) is 1. The smallest absolute Gasteiger partial charge is 0.145 e. The van der Waals surface area contributed by atoms with Gasteiger partial charge in [-0.25, -0.2) is 15.8 Å². The second-order valence-electron chi connectivity index (χ2n) is 4.77. The zero-order valence-electron chi connectivity index (χ0n) is 11.1. The highest BCUT2D eigenvalue weighted by Gasteiger charge is 2.17. The number of nitrogen functional groups attached to an aromatic ring is 1. The highest BCUT2D eigenvalue weighted by Crippen LogP contribution is 2.16. The molecule has 1 aromatic heterocycles. The molecule has 1 saturated heterocycles. The maximum absolute atomic E-state index is 5.42. The minimum Gasteiger partial charge on any atom is -0.367 e. The predicted octanol–water partition coefficient (Wildman–Crippen LogP) is 0.831. The number of rotatable bonds is 4. The van der Waals surface area contributed by atoms with Crippen molar-refractivity contribution in [2.45, 2.75) is 32.2 Å². The first kappa shape index (κ1) is 13.0. The number of hydrazine groups is 1. The SMILES string of the molecule is CCc1nc(NN)cc(NC2CCN(C)CC2)n1. The molecule has 0 bridgehead atoms. The Hall–Kier alpha value is -1.40. The molecule has 0 aromatic carbocycles. The van der Waals surface area contributed by atoms with Crippen LogP contribution >= 0.6 is 0 Å². The van der Waals surface area contributed by atoms with Gasteiger partial charge in [0.1, 0.15) is 17.5 Å². The summed E-state index contributed by atoms with van der Waals surface area (Å²) in [7, 11) is 2.16. The van der Waals surface area contributed by atoms with Gasteiger partial charge in [0.25, 0.3) is 0 Å². The average molecular weight is 250 g/mol. The van der Waals surface area contributed by atoms with Crippen LogP contribution in [-0.4, -0.2) is 41.0 Å². The zero-order chi connectivity index (χ0) is 13.0. The monoisotopic (exact) mass is 250 g/mol. The van der Waals surface area contributed by atoms with Crippen LogP contribution < -0.4 is 16.6 Å². The van der Waals surface area contributed by atoms with E-state index in [-0.39, 0.29) is 0 Å². The van der Waals surface area contributed by atoms with Gasteiger partial charge in [-0.3, -0.25) is 0 Å². The third kappa shape index (κ3) is 3.30. The van der Waals surface area contributed by atoms with Gasteiger partial charge in [-0.2, -0.15) is 0 Å². The van der Waals surface area contributed by atoms with E-state index in [0.717, 1.165) is 44.0 Å². The van der Waals surface area contributed by atoms with Crippen molar-refractivity contribution in [2.75, 3.05) is 30.9 Å². The van der Waals surface area contributed by atoms with E-state index < -0.39 is 0 Å². The van der Waals surface area contributed by atoms with Crippen LogP contribution in [0.5, 0.6) is 0 Å². The molecule has 2 heterocycles. The Morgan fingerprint density at radius 3 is 2.61 bits per heavy atom. The summed E-state index contributed by atoms with van der Waals surface area (Å²) < 4.78 is 0. The summed E-state index contributed by atoms with van der Waals surface area (Å²) in [4.78, 5) is 11.1. The third-order valence-corrected chi connectivity index (χ3v) is 3.31. The molecule has 100 valence electrons. The Bertz CT molecular complexity index is 364. The zero-order valence-corrected chi connectivity index (χ0v) is 11.1. The van der Waals surface area contributed by atoms with E-state index in [0.29, 0.717) is 11.9 Å². The maximum atomic E-state index is 5.42. The van der Waals surface area contributed by atoms with Gasteiger partial charge in [-0.1, -0.05) is 6.92 Å². The van der Waals surface area contributed by atoms with E-state index in [1.54, 1.807) is 0 Å². The minimum atomic E-state index is 0.492. The summed E-state index contributed by atoms with van der Waals surface area (Å²) >= 11 is 0. The molecule has 1 fully saturated rings. The number of piperidine rings is 1. The van der Waals surface area contributed by atoms with Crippen molar-refractivity contribution in [3.63, 3.8) is 0 Å². The van der Waals surface area contributed by atoms with Gasteiger partial charge in [0.2, 0.25) is 0 Å². The first-order valence-corrected chi connectivity index (χ1v) is 6.51. The van der Waals surface area contributed by atoms with Crippen molar-refractivity contribution in [3.8, 4) is 0 Å². The molecule has 0 amide bonds. The number of hydrogen-bond acceptors (Lipinski definition) is 6. The lowest BCUT2D eigenvalue weighted by molar-refractivity contribution is 0.263. The number of nitrogens with one attached hydrogen (secondary N) is 2. The fourth-order valence-corrected chi connectivity index (χ4v) is 2.17. The summed E-state index contributed by atoms with van der Waals surface area (Å²) in [6.07, 6.45) is 3.10. The van der Waals surface area contributed by atoms with Crippen molar-refractivity contribution >= 4 is 11.6 Å². The van der Waals surface area contributed by atoms with Gasteiger partial charge in [-0.15, -0.1) is 0 Å². The van der Waals surface area contributed by atoms with Crippen LogP contribution in [-0.2, 0) is 6.42 Å². The summed E-state index contributed by atoms with van der Waals surface area (Å²) in [6.45, 7) is 4.30. The molecule has 0 radical (unpaired) electrons. The summed E-state index contributed by atoms with van der Waals surface area (Å²) in [6, 6.07) is 2.35. The highest BCUT2D eigenvalue weighted by atomic mass is 15.3. The van der Waals surface area contributed by atoms with Gasteiger partial charge < -0.3 is 15.6 Å². The van der Waals surface area contributed by atoms with Gasteiger partial charge in [0.15, 0.2) is 0 Å². The molecular weight excluding hydrogens is 228 g/mol. The van der Waals surface area contributed by atoms with E-state index >= 15 is 0 Å². The fourth-order valence-electron chi connectivity index (χ4n) is 2.17. The van der Waals surface area contributed by atoms with Crippen molar-refractivity contribution in [1.29, 1.82) is 0 Å². The van der Waals surface area contributed by atoms with Gasteiger partial charge in [0, 0.05) is 18.5 Å². The van der Waals surface area contributed by atoms with Gasteiger partial charge >= 0.3 is 0 Å². The number of hydrogen-bond donors (Lipinski definition) is 3. The lowest BCUT2D eigenvalue weighted by Gasteiger charge is -2.29. The molecule has 4 N–H and O–H groups in total. The molecule has 2 rings (SSSR count). The Balaban J connectivity index is 2.03. The van der Waals surface area contributed by atoms with Gasteiger partial charge in [-0.05, 0) is 33.0 Å². The van der Waals surface area contributed by atoms with Crippen LogP contribution in [0.3, 0.4) is 0 Å². The number of anilines is 2. The topological polar surface area (TPSA) is 79.1 Å². The molecule has 0 saturated carbocycles. The molecular formula is C12H22N6. The number of aryl methyl sites for hydroxylation is 1. The van der Waals surface area contributed by atoms with Crippen LogP contribution in [0.1, 0.15) is 25.6 Å². The molecule has 6 heteroatoms. The van der Waals surface area contributed by atoms with Crippen LogP contribution in [0.15, 0.2) is 6.07 Å². The molecule has 1 aromatic rings. The lowest BCUT2D eigenvalue weighted by atomic mass is 10.1. The highest BCUT2D eigenvalue weighted by molar-refractivity contribution is 5.47. The molecule has 18 heavy (non-hydrogen) atoms. The number of likely N-dealkylation sites (tertiary alicyclic amines) is 1. The molecule has 0 unspecified atom stereocenters. The van der Waals surface area contributed by atoms with Crippen LogP contribution in [0.4, 0.5) is 11.6 Å². The van der Waals surface area contributed by atoms with Crippen LogP contribution in [0.2, 0.25) is 0 Å². The van der Waals surface area contributed by atoms with E-state index in [9.17, 15) is 0 Å². The Morgan fingerprint density at radius 2 is 2.00 bits per heavy atom. The van der Waals surface area contributed by atoms with Crippen LogP contribution in [0, 0.1) is 0 Å². The standard InChI is InChI=1S/C12H22N6/c1-3-10-15-11(8-12(16-10)17-13)14-9-4-6-18(2)7-5-9/h8-9H,3-7,13H2,1-2H3,(H2,14,15,16,17). The molecule has 6 nitrogen and oxygen atoms in total. The average Bonchev–Trinajstić information content (AvgIpc) is 2.41. The lowest BCUT2D eigenvalue weighted by Crippen LogP contribution is -2.37. The fraction of sp³-hybridized carbons (Fsp3) is 0.667. The van der Waals surface area contributed by atoms with Crippen LogP contribution in [0.25, 0.3) is 0 Å². The largest absolute Gasteiger partial charge is 0.367 e.